The minimum absolute atomic E-state index is 0.394. The lowest BCUT2D eigenvalue weighted by molar-refractivity contribution is 0.356. The van der Waals surface area contributed by atoms with Crippen molar-refractivity contribution in [3.63, 3.8) is 0 Å². The van der Waals surface area contributed by atoms with Crippen molar-refractivity contribution in [2.75, 3.05) is 26.0 Å². The molecule has 3 N–H and O–H groups in total. The van der Waals surface area contributed by atoms with Crippen molar-refractivity contribution < 1.29 is 0 Å². The molecule has 0 spiro atoms. The molecule has 0 aliphatic heterocycles. The summed E-state index contributed by atoms with van der Waals surface area (Å²) < 4.78 is 0. The number of para-hydroxylation sites is 1. The van der Waals surface area contributed by atoms with Crippen molar-refractivity contribution in [2.45, 2.75) is 26.3 Å². The van der Waals surface area contributed by atoms with Gasteiger partial charge in [0.25, 0.3) is 0 Å². The molecular formula is C15H25N3S. The number of hydrogen-bond acceptors (Lipinski definition) is 3. The average molecular weight is 279 g/mol. The normalized spacial score (nSPS) is 12.7. The molecule has 1 aromatic rings. The zero-order chi connectivity index (χ0) is 14.4. The molecule has 1 aromatic carbocycles. The molecule has 0 aliphatic rings. The third-order valence-electron chi connectivity index (χ3n) is 2.89. The van der Waals surface area contributed by atoms with Gasteiger partial charge in [0.05, 0.1) is 0 Å². The Balaban J connectivity index is 2.86. The second-order valence-electron chi connectivity index (χ2n) is 5.64. The molecule has 1 unspecified atom stereocenters. The van der Waals surface area contributed by atoms with E-state index in [4.69, 9.17) is 18.0 Å². The zero-order valence-electron chi connectivity index (χ0n) is 12.3. The van der Waals surface area contributed by atoms with Crippen LogP contribution in [0.3, 0.4) is 0 Å². The summed E-state index contributed by atoms with van der Waals surface area (Å²) >= 11 is 5.11. The van der Waals surface area contributed by atoms with Gasteiger partial charge in [0.2, 0.25) is 0 Å². The standard InChI is InChI=1S/C15H25N3S/c1-11(2)9-12(10-18(3)4)17-14-8-6-5-7-13(14)15(16)19/h5-8,11-12,17H,9-10H2,1-4H3,(H2,16,19). The lowest BCUT2D eigenvalue weighted by Gasteiger charge is -2.26. The summed E-state index contributed by atoms with van der Waals surface area (Å²) in [6, 6.07) is 8.37. The van der Waals surface area contributed by atoms with E-state index < -0.39 is 0 Å². The van der Waals surface area contributed by atoms with Crippen molar-refractivity contribution >= 4 is 22.9 Å². The second-order valence-corrected chi connectivity index (χ2v) is 6.08. The van der Waals surface area contributed by atoms with E-state index in [2.05, 4.69) is 38.2 Å². The molecule has 0 amide bonds. The molecule has 4 heteroatoms. The predicted octanol–water partition coefficient (Wildman–Crippen LogP) is 2.71. The lowest BCUT2D eigenvalue weighted by Crippen LogP contribution is -2.34. The highest BCUT2D eigenvalue weighted by atomic mass is 32.1. The van der Waals surface area contributed by atoms with Gasteiger partial charge in [0.1, 0.15) is 4.99 Å². The summed E-state index contributed by atoms with van der Waals surface area (Å²) in [7, 11) is 4.18. The largest absolute Gasteiger partial charge is 0.389 e. The third-order valence-corrected chi connectivity index (χ3v) is 3.11. The smallest absolute Gasteiger partial charge is 0.106 e. The number of rotatable bonds is 7. The van der Waals surface area contributed by atoms with Gasteiger partial charge >= 0.3 is 0 Å². The Labute approximate surface area is 122 Å². The van der Waals surface area contributed by atoms with Gasteiger partial charge in [-0.05, 0) is 38.6 Å². The molecule has 1 atom stereocenters. The van der Waals surface area contributed by atoms with Crippen molar-refractivity contribution in [1.29, 1.82) is 0 Å². The Morgan fingerprint density at radius 2 is 1.95 bits per heavy atom. The van der Waals surface area contributed by atoms with Gasteiger partial charge in [-0.1, -0.05) is 38.2 Å². The summed E-state index contributed by atoms with van der Waals surface area (Å²) in [5.41, 5.74) is 7.73. The van der Waals surface area contributed by atoms with Crippen molar-refractivity contribution in [1.82, 2.24) is 4.90 Å². The van der Waals surface area contributed by atoms with Crippen LogP contribution >= 0.6 is 12.2 Å². The molecule has 0 aliphatic carbocycles. The monoisotopic (exact) mass is 279 g/mol. The van der Waals surface area contributed by atoms with Crippen LogP contribution in [0.4, 0.5) is 5.69 Å². The van der Waals surface area contributed by atoms with E-state index in [1.165, 1.54) is 0 Å². The van der Waals surface area contributed by atoms with Gasteiger partial charge in [0, 0.05) is 23.8 Å². The zero-order valence-corrected chi connectivity index (χ0v) is 13.1. The summed E-state index contributed by atoms with van der Waals surface area (Å²) in [4.78, 5) is 2.64. The molecule has 0 saturated carbocycles. The van der Waals surface area contributed by atoms with E-state index >= 15 is 0 Å². The van der Waals surface area contributed by atoms with Crippen molar-refractivity contribution in [2.24, 2.45) is 11.7 Å². The highest BCUT2D eigenvalue weighted by Crippen LogP contribution is 2.18. The Morgan fingerprint density at radius 3 is 2.47 bits per heavy atom. The van der Waals surface area contributed by atoms with Gasteiger partial charge in [-0.2, -0.15) is 0 Å². The van der Waals surface area contributed by atoms with Crippen LogP contribution in [0.5, 0.6) is 0 Å². The minimum Gasteiger partial charge on any atom is -0.389 e. The predicted molar refractivity (Wildman–Crippen MR) is 87.7 cm³/mol. The average Bonchev–Trinajstić information content (AvgIpc) is 2.27. The van der Waals surface area contributed by atoms with Crippen LogP contribution in [0.25, 0.3) is 0 Å². The first-order chi connectivity index (χ1) is 8.90. The van der Waals surface area contributed by atoms with Crippen LogP contribution in [0.1, 0.15) is 25.8 Å². The van der Waals surface area contributed by atoms with E-state index in [1.54, 1.807) is 0 Å². The summed E-state index contributed by atoms with van der Waals surface area (Å²) in [5.74, 6) is 0.648. The molecule has 106 valence electrons. The number of nitrogens with one attached hydrogen (secondary N) is 1. The number of anilines is 1. The van der Waals surface area contributed by atoms with E-state index in [-0.39, 0.29) is 0 Å². The summed E-state index contributed by atoms with van der Waals surface area (Å²) in [6.45, 7) is 5.47. The summed E-state index contributed by atoms with van der Waals surface area (Å²) in [6.07, 6.45) is 1.11. The molecule has 0 saturated heterocycles. The summed E-state index contributed by atoms with van der Waals surface area (Å²) in [5, 5.41) is 3.58. The van der Waals surface area contributed by atoms with Gasteiger partial charge in [-0.25, -0.2) is 0 Å². The molecule has 1 rings (SSSR count). The highest BCUT2D eigenvalue weighted by Gasteiger charge is 2.14. The van der Waals surface area contributed by atoms with Gasteiger partial charge in [0.15, 0.2) is 0 Å². The Kier molecular flexibility index (Phi) is 6.25. The van der Waals surface area contributed by atoms with Crippen LogP contribution < -0.4 is 11.1 Å². The first-order valence-corrected chi connectivity index (χ1v) is 7.11. The van der Waals surface area contributed by atoms with Crippen LogP contribution in [0, 0.1) is 5.92 Å². The Hall–Kier alpha value is -1.13. The van der Waals surface area contributed by atoms with E-state index in [1.807, 2.05) is 24.3 Å². The highest BCUT2D eigenvalue weighted by molar-refractivity contribution is 7.80. The molecule has 0 radical (unpaired) electrons. The van der Waals surface area contributed by atoms with E-state index in [0.29, 0.717) is 16.9 Å². The number of hydrogen-bond donors (Lipinski definition) is 2. The third kappa shape index (κ3) is 5.57. The second kappa shape index (κ2) is 7.46. The topological polar surface area (TPSA) is 41.3 Å². The van der Waals surface area contributed by atoms with Crippen LogP contribution in [0.2, 0.25) is 0 Å². The van der Waals surface area contributed by atoms with Crippen LogP contribution in [-0.2, 0) is 0 Å². The minimum atomic E-state index is 0.394. The number of thiocarbonyl (C=S) groups is 1. The molecular weight excluding hydrogens is 254 g/mol. The molecule has 19 heavy (non-hydrogen) atoms. The maximum atomic E-state index is 5.77. The van der Waals surface area contributed by atoms with E-state index in [0.717, 1.165) is 24.2 Å². The van der Waals surface area contributed by atoms with Crippen molar-refractivity contribution in [3.8, 4) is 0 Å². The fourth-order valence-corrected chi connectivity index (χ4v) is 2.41. The molecule has 0 heterocycles. The molecule has 3 nitrogen and oxygen atoms in total. The maximum absolute atomic E-state index is 5.77. The van der Waals surface area contributed by atoms with Crippen LogP contribution in [-0.4, -0.2) is 36.6 Å². The first kappa shape index (κ1) is 15.9. The molecule has 0 aromatic heterocycles. The SMILES string of the molecule is CC(C)CC(CN(C)C)Nc1ccccc1C(N)=S. The quantitative estimate of drug-likeness (QED) is 0.753. The Bertz CT molecular complexity index is 406. The number of nitrogens with two attached hydrogens (primary N) is 1. The maximum Gasteiger partial charge on any atom is 0.106 e. The van der Waals surface area contributed by atoms with Gasteiger partial charge in [-0.3, -0.25) is 0 Å². The number of likely N-dealkylation sites (N-methyl/N-ethyl adjacent to an activating group) is 1. The van der Waals surface area contributed by atoms with Gasteiger partial charge < -0.3 is 16.0 Å². The number of nitrogens with zero attached hydrogens (tertiary/aromatic N) is 1. The first-order valence-electron chi connectivity index (χ1n) is 6.70. The fraction of sp³-hybridized carbons (Fsp3) is 0.533. The van der Waals surface area contributed by atoms with Crippen LogP contribution in [0.15, 0.2) is 24.3 Å². The molecule has 0 fully saturated rings. The van der Waals surface area contributed by atoms with Gasteiger partial charge in [-0.15, -0.1) is 0 Å². The lowest BCUT2D eigenvalue weighted by atomic mass is 10.0. The fourth-order valence-electron chi connectivity index (χ4n) is 2.23. The van der Waals surface area contributed by atoms with Crippen molar-refractivity contribution in [3.05, 3.63) is 29.8 Å². The molecule has 0 bridgehead atoms. The number of benzene rings is 1. The Morgan fingerprint density at radius 1 is 1.32 bits per heavy atom. The van der Waals surface area contributed by atoms with E-state index in [9.17, 15) is 0 Å².